The van der Waals surface area contributed by atoms with Crippen LogP contribution in [0.4, 0.5) is 4.39 Å². The fourth-order valence-corrected chi connectivity index (χ4v) is 6.10. The normalized spacial score (nSPS) is 21.8. The van der Waals surface area contributed by atoms with Crippen LogP contribution in [0.3, 0.4) is 0 Å². The quantitative estimate of drug-likeness (QED) is 0.483. The van der Waals surface area contributed by atoms with Crippen molar-refractivity contribution in [3.63, 3.8) is 0 Å². The Morgan fingerprint density at radius 2 is 1.26 bits per heavy atom. The van der Waals surface area contributed by atoms with Crippen LogP contribution in [-0.4, -0.2) is 16.5 Å². The highest BCUT2D eigenvalue weighted by molar-refractivity contribution is 6.06. The number of carbonyl (C=O) groups is 2. The van der Waals surface area contributed by atoms with Crippen LogP contribution in [0.2, 0.25) is 0 Å². The van der Waals surface area contributed by atoms with Gasteiger partial charge in [0.25, 0.3) is 0 Å². The summed E-state index contributed by atoms with van der Waals surface area (Å²) in [5.41, 5.74) is 6.37. The molecule has 3 aliphatic rings. The summed E-state index contributed by atoms with van der Waals surface area (Å²) in [4.78, 5) is 29.8. The van der Waals surface area contributed by atoms with E-state index >= 15 is 0 Å². The van der Waals surface area contributed by atoms with Gasteiger partial charge in [0.2, 0.25) is 0 Å². The van der Waals surface area contributed by atoms with Crippen LogP contribution in [0.1, 0.15) is 76.0 Å². The van der Waals surface area contributed by atoms with Gasteiger partial charge >= 0.3 is 0 Å². The molecule has 2 aromatic carbocycles. The first kappa shape index (κ1) is 23.7. The van der Waals surface area contributed by atoms with E-state index in [2.05, 4.69) is 63.8 Å². The van der Waals surface area contributed by atoms with E-state index in [1.54, 1.807) is 12.1 Å². The lowest BCUT2D eigenvalue weighted by molar-refractivity contribution is -0.119. The topological polar surface area (TPSA) is 37.4 Å². The molecule has 1 aliphatic heterocycles. The molecule has 0 unspecified atom stereocenters. The number of hydrogen-bond acceptors (Lipinski definition) is 3. The fourth-order valence-electron chi connectivity index (χ4n) is 6.10. The van der Waals surface area contributed by atoms with E-state index in [0.717, 1.165) is 46.5 Å². The number of allylic oxidation sites excluding steroid dienone is 4. The van der Waals surface area contributed by atoms with Gasteiger partial charge < -0.3 is 4.90 Å². The van der Waals surface area contributed by atoms with Gasteiger partial charge in [-0.25, -0.2) is 4.39 Å². The Morgan fingerprint density at radius 1 is 0.771 bits per heavy atom. The molecule has 0 saturated carbocycles. The molecule has 2 aromatic rings. The van der Waals surface area contributed by atoms with Crippen molar-refractivity contribution in [3.8, 4) is 0 Å². The Hall–Kier alpha value is -3.01. The minimum Gasteiger partial charge on any atom is -0.343 e. The molecule has 0 aromatic heterocycles. The van der Waals surface area contributed by atoms with Crippen LogP contribution in [0.15, 0.2) is 71.1 Å². The van der Waals surface area contributed by atoms with E-state index < -0.39 is 5.92 Å². The van der Waals surface area contributed by atoms with Crippen LogP contribution < -0.4 is 0 Å². The zero-order valence-electron chi connectivity index (χ0n) is 21.4. The first-order valence-corrected chi connectivity index (χ1v) is 12.6. The van der Waals surface area contributed by atoms with Gasteiger partial charge in [-0.05, 0) is 53.9 Å². The number of aryl methyl sites for hydroxylation is 1. The summed E-state index contributed by atoms with van der Waals surface area (Å²) in [6.45, 7) is 11.3. The average Bonchev–Trinajstić information content (AvgIpc) is 2.75. The van der Waals surface area contributed by atoms with Gasteiger partial charge in [0, 0.05) is 47.8 Å². The minimum atomic E-state index is -0.429. The van der Waals surface area contributed by atoms with E-state index in [1.807, 2.05) is 0 Å². The van der Waals surface area contributed by atoms with Gasteiger partial charge in [0.05, 0.1) is 0 Å². The van der Waals surface area contributed by atoms with Crippen molar-refractivity contribution < 1.29 is 14.0 Å². The third-order valence-corrected chi connectivity index (χ3v) is 7.69. The standard InChI is InChI=1S/C31H34FNO2/c1-19-6-8-20(9-7-19)18-33-23-14-30(2,3)16-25(34)28(23)27(21-10-12-22(32)13-11-21)29-24(33)15-31(4,5)17-26(29)35/h6-13,27H,14-18H2,1-5H3. The van der Waals surface area contributed by atoms with Gasteiger partial charge in [-0.1, -0.05) is 69.7 Å². The number of carbonyl (C=O) groups excluding carboxylic acids is 2. The molecule has 0 atom stereocenters. The number of hydrogen-bond donors (Lipinski definition) is 0. The molecule has 2 aliphatic carbocycles. The summed E-state index contributed by atoms with van der Waals surface area (Å²) < 4.78 is 13.8. The maximum Gasteiger partial charge on any atom is 0.162 e. The summed E-state index contributed by atoms with van der Waals surface area (Å²) in [5.74, 6) is -0.546. The van der Waals surface area contributed by atoms with Gasteiger partial charge in [-0.15, -0.1) is 0 Å². The van der Waals surface area contributed by atoms with Gasteiger partial charge in [0.1, 0.15) is 5.82 Å². The molecule has 35 heavy (non-hydrogen) atoms. The highest BCUT2D eigenvalue weighted by Crippen LogP contribution is 2.54. The molecule has 4 heteroatoms. The number of benzene rings is 2. The molecule has 0 N–H and O–H groups in total. The highest BCUT2D eigenvalue weighted by atomic mass is 19.1. The molecule has 0 fully saturated rings. The van der Waals surface area contributed by atoms with Gasteiger partial charge in [0.15, 0.2) is 11.6 Å². The molecule has 0 radical (unpaired) electrons. The molecule has 0 amide bonds. The largest absolute Gasteiger partial charge is 0.343 e. The SMILES string of the molecule is Cc1ccc(CN2C3=C(C(=O)CC(C)(C)C3)C(c3ccc(F)cc3)C3=C2CC(C)(C)CC3=O)cc1. The predicted octanol–water partition coefficient (Wildman–Crippen LogP) is 7.02. The lowest BCUT2D eigenvalue weighted by atomic mass is 9.63. The Kier molecular flexibility index (Phi) is 5.62. The summed E-state index contributed by atoms with van der Waals surface area (Å²) >= 11 is 0. The molecule has 0 saturated heterocycles. The number of Topliss-reactive ketones (excluding diaryl/α,β-unsaturated/α-hetero) is 2. The second kappa shape index (κ2) is 8.29. The van der Waals surface area contributed by atoms with Gasteiger partial charge in [-0.2, -0.15) is 0 Å². The zero-order chi connectivity index (χ0) is 25.1. The molecule has 3 nitrogen and oxygen atoms in total. The molecule has 1 heterocycles. The number of ketones is 2. The Balaban J connectivity index is 1.75. The second-order valence-electron chi connectivity index (χ2n) is 12.2. The summed E-state index contributed by atoms with van der Waals surface area (Å²) in [7, 11) is 0. The van der Waals surface area contributed by atoms with Crippen molar-refractivity contribution in [3.05, 3.63) is 93.6 Å². The van der Waals surface area contributed by atoms with Crippen molar-refractivity contribution in [2.75, 3.05) is 0 Å². The van der Waals surface area contributed by atoms with E-state index in [4.69, 9.17) is 0 Å². The van der Waals surface area contributed by atoms with Crippen LogP contribution in [0, 0.1) is 23.6 Å². The number of halogens is 1. The molecule has 0 bridgehead atoms. The Labute approximate surface area is 207 Å². The molecular formula is C31H34FNO2. The summed E-state index contributed by atoms with van der Waals surface area (Å²) in [6, 6.07) is 14.8. The monoisotopic (exact) mass is 471 g/mol. The lowest BCUT2D eigenvalue weighted by Crippen LogP contribution is -2.44. The molecule has 182 valence electrons. The third kappa shape index (κ3) is 4.39. The smallest absolute Gasteiger partial charge is 0.162 e. The van der Waals surface area contributed by atoms with Crippen LogP contribution in [0.5, 0.6) is 0 Å². The fraction of sp³-hybridized carbons (Fsp3) is 0.419. The zero-order valence-corrected chi connectivity index (χ0v) is 21.4. The van der Waals surface area contributed by atoms with Crippen molar-refractivity contribution in [2.45, 2.75) is 72.8 Å². The Bertz CT molecular complexity index is 1210. The third-order valence-electron chi connectivity index (χ3n) is 7.69. The first-order valence-electron chi connectivity index (χ1n) is 12.6. The van der Waals surface area contributed by atoms with Gasteiger partial charge in [-0.3, -0.25) is 9.59 Å². The van der Waals surface area contributed by atoms with Crippen LogP contribution >= 0.6 is 0 Å². The highest BCUT2D eigenvalue weighted by Gasteiger charge is 2.48. The van der Waals surface area contributed by atoms with Crippen LogP contribution in [0.25, 0.3) is 0 Å². The molecule has 0 spiro atoms. The summed E-state index contributed by atoms with van der Waals surface area (Å²) in [6.07, 6.45) is 2.43. The summed E-state index contributed by atoms with van der Waals surface area (Å²) in [5, 5.41) is 0. The van der Waals surface area contributed by atoms with E-state index in [0.29, 0.717) is 19.4 Å². The van der Waals surface area contributed by atoms with Crippen molar-refractivity contribution >= 4 is 11.6 Å². The van der Waals surface area contributed by atoms with Crippen molar-refractivity contribution in [1.82, 2.24) is 4.90 Å². The first-order chi connectivity index (χ1) is 16.4. The van der Waals surface area contributed by atoms with E-state index in [9.17, 15) is 14.0 Å². The second-order valence-corrected chi connectivity index (χ2v) is 12.2. The molecular weight excluding hydrogens is 437 g/mol. The lowest BCUT2D eigenvalue weighted by Gasteiger charge is -2.49. The van der Waals surface area contributed by atoms with Crippen molar-refractivity contribution in [1.29, 1.82) is 0 Å². The number of nitrogens with zero attached hydrogens (tertiary/aromatic N) is 1. The van der Waals surface area contributed by atoms with E-state index in [1.165, 1.54) is 17.7 Å². The maximum absolute atomic E-state index is 13.8. The van der Waals surface area contributed by atoms with E-state index in [-0.39, 0.29) is 28.2 Å². The van der Waals surface area contributed by atoms with Crippen molar-refractivity contribution in [2.24, 2.45) is 10.8 Å². The minimum absolute atomic E-state index is 0.101. The maximum atomic E-state index is 13.8. The Morgan fingerprint density at radius 3 is 1.74 bits per heavy atom. The van der Waals surface area contributed by atoms with Crippen LogP contribution in [-0.2, 0) is 16.1 Å². The number of rotatable bonds is 3. The predicted molar refractivity (Wildman–Crippen MR) is 136 cm³/mol. The average molecular weight is 472 g/mol. The molecule has 5 rings (SSSR count).